The minimum absolute atomic E-state index is 0.0117. The molecule has 32 heavy (non-hydrogen) atoms. The van der Waals surface area contributed by atoms with Gasteiger partial charge in [0.2, 0.25) is 5.91 Å². The van der Waals surface area contributed by atoms with Gasteiger partial charge in [0, 0.05) is 24.6 Å². The van der Waals surface area contributed by atoms with Gasteiger partial charge in [-0.25, -0.2) is 4.79 Å². The van der Waals surface area contributed by atoms with E-state index >= 15 is 0 Å². The van der Waals surface area contributed by atoms with E-state index in [4.69, 9.17) is 9.84 Å². The molecule has 2 aromatic carbocycles. The molecule has 0 bridgehead atoms. The van der Waals surface area contributed by atoms with Crippen molar-refractivity contribution in [1.82, 2.24) is 10.6 Å². The summed E-state index contributed by atoms with van der Waals surface area (Å²) in [5, 5.41) is 14.2. The molecule has 0 aromatic heterocycles. The molecule has 0 radical (unpaired) electrons. The average Bonchev–Trinajstić information content (AvgIpc) is 3.08. The molecule has 7 nitrogen and oxygen atoms in total. The van der Waals surface area contributed by atoms with E-state index in [0.717, 1.165) is 22.3 Å². The van der Waals surface area contributed by atoms with Crippen LogP contribution in [-0.4, -0.2) is 42.3 Å². The molecule has 1 atom stereocenters. The van der Waals surface area contributed by atoms with Crippen molar-refractivity contribution < 1.29 is 24.2 Å². The molecule has 0 saturated heterocycles. The first-order valence-electron chi connectivity index (χ1n) is 10.6. The number of rotatable bonds is 9. The minimum Gasteiger partial charge on any atom is -0.481 e. The third-order valence-corrected chi connectivity index (χ3v) is 5.50. The van der Waals surface area contributed by atoms with E-state index < -0.39 is 24.0 Å². The molecule has 2 aromatic rings. The molecular formula is C25H28N2O5. The summed E-state index contributed by atoms with van der Waals surface area (Å²) in [6.07, 6.45) is 2.06. The fourth-order valence-corrected chi connectivity index (χ4v) is 3.83. The van der Waals surface area contributed by atoms with Crippen LogP contribution in [0.3, 0.4) is 0 Å². The highest BCUT2D eigenvalue weighted by Crippen LogP contribution is 2.44. The van der Waals surface area contributed by atoms with Gasteiger partial charge in [-0.2, -0.15) is 0 Å². The second kappa shape index (κ2) is 10.6. The van der Waals surface area contributed by atoms with Gasteiger partial charge in [-0.05, 0) is 28.2 Å². The van der Waals surface area contributed by atoms with Crippen LogP contribution in [0.4, 0.5) is 4.79 Å². The summed E-state index contributed by atoms with van der Waals surface area (Å²) in [5.41, 5.74) is 4.60. The number of carboxylic acids is 1. The Labute approximate surface area is 187 Å². The monoisotopic (exact) mass is 436 g/mol. The van der Waals surface area contributed by atoms with Crippen molar-refractivity contribution in [3.63, 3.8) is 0 Å². The van der Waals surface area contributed by atoms with Gasteiger partial charge >= 0.3 is 12.1 Å². The summed E-state index contributed by atoms with van der Waals surface area (Å²) < 4.78 is 5.44. The second-order valence-electron chi connectivity index (χ2n) is 8.07. The van der Waals surface area contributed by atoms with E-state index in [0.29, 0.717) is 0 Å². The molecule has 0 spiro atoms. The molecule has 3 rings (SSSR count). The Morgan fingerprint density at radius 1 is 1.03 bits per heavy atom. The molecule has 0 heterocycles. The van der Waals surface area contributed by atoms with Gasteiger partial charge in [-0.3, -0.25) is 9.59 Å². The summed E-state index contributed by atoms with van der Waals surface area (Å²) in [6, 6.07) is 15.8. The zero-order valence-electron chi connectivity index (χ0n) is 18.2. The van der Waals surface area contributed by atoms with Crippen molar-refractivity contribution in [2.45, 2.75) is 32.2 Å². The van der Waals surface area contributed by atoms with Gasteiger partial charge in [0.05, 0.1) is 6.42 Å². The Hall–Kier alpha value is -3.61. The van der Waals surface area contributed by atoms with Crippen molar-refractivity contribution in [3.05, 3.63) is 71.8 Å². The molecule has 0 saturated carbocycles. The van der Waals surface area contributed by atoms with Crippen molar-refractivity contribution in [1.29, 1.82) is 0 Å². The van der Waals surface area contributed by atoms with Crippen LogP contribution in [0.25, 0.3) is 11.1 Å². The number of carboxylic acid groups (broad SMARTS) is 1. The van der Waals surface area contributed by atoms with Gasteiger partial charge in [-0.15, -0.1) is 0 Å². The molecule has 0 aliphatic heterocycles. The number of hydrogen-bond donors (Lipinski definition) is 3. The number of ether oxygens (including phenoxy) is 1. The van der Waals surface area contributed by atoms with E-state index in [1.54, 1.807) is 0 Å². The highest BCUT2D eigenvalue weighted by Gasteiger charge is 2.28. The standard InChI is InChI=1S/C25H28N2O5/c1-16(2)22(14-24(29)30)27-23(28)12-7-13-26-25(31)32-15-21-19-10-5-3-8-17(19)18-9-4-6-11-20(18)21/h3-12,16,21-22H,13-15H2,1-2H3,(H,26,31)(H,27,28)(H,29,30)/b12-7+/t22-/m1/s1. The van der Waals surface area contributed by atoms with Gasteiger partial charge in [0.25, 0.3) is 0 Å². The third-order valence-electron chi connectivity index (χ3n) is 5.50. The van der Waals surface area contributed by atoms with Crippen LogP contribution >= 0.6 is 0 Å². The fraction of sp³-hybridized carbons (Fsp3) is 0.320. The largest absolute Gasteiger partial charge is 0.481 e. The number of nitrogens with one attached hydrogen (secondary N) is 2. The highest BCUT2D eigenvalue weighted by atomic mass is 16.5. The summed E-state index contributed by atoms with van der Waals surface area (Å²) in [6.45, 7) is 4.03. The van der Waals surface area contributed by atoms with Crippen LogP contribution in [0, 0.1) is 5.92 Å². The van der Waals surface area contributed by atoms with Crippen LogP contribution in [0.2, 0.25) is 0 Å². The predicted octanol–water partition coefficient (Wildman–Crippen LogP) is 3.70. The van der Waals surface area contributed by atoms with Crippen molar-refractivity contribution >= 4 is 18.0 Å². The van der Waals surface area contributed by atoms with Gasteiger partial charge in [0.1, 0.15) is 6.61 Å². The van der Waals surface area contributed by atoms with E-state index in [9.17, 15) is 14.4 Å². The smallest absolute Gasteiger partial charge is 0.407 e. The topological polar surface area (TPSA) is 105 Å². The summed E-state index contributed by atoms with van der Waals surface area (Å²) in [5.74, 6) is -1.40. The number of hydrogen-bond acceptors (Lipinski definition) is 4. The maximum atomic E-state index is 12.1. The SMILES string of the molecule is CC(C)[C@@H](CC(=O)O)NC(=O)/C=C/CNC(=O)OCC1c2ccccc2-c2ccccc21. The Bertz CT molecular complexity index is 969. The fourth-order valence-electron chi connectivity index (χ4n) is 3.83. The number of carbonyl (C=O) groups excluding carboxylic acids is 2. The van der Waals surface area contributed by atoms with Gasteiger partial charge < -0.3 is 20.5 Å². The molecule has 0 unspecified atom stereocenters. The molecule has 7 heteroatoms. The van der Waals surface area contributed by atoms with Crippen LogP contribution in [0.5, 0.6) is 0 Å². The van der Waals surface area contributed by atoms with Crippen molar-refractivity contribution in [2.24, 2.45) is 5.92 Å². The maximum absolute atomic E-state index is 12.1. The van der Waals surface area contributed by atoms with Crippen LogP contribution in [0.1, 0.15) is 37.3 Å². The Morgan fingerprint density at radius 2 is 1.62 bits per heavy atom. The average molecular weight is 437 g/mol. The van der Waals surface area contributed by atoms with E-state index in [1.807, 2.05) is 38.1 Å². The van der Waals surface area contributed by atoms with E-state index in [-0.39, 0.29) is 31.4 Å². The number of carbonyl (C=O) groups is 3. The molecular weight excluding hydrogens is 408 g/mol. The molecule has 3 N–H and O–H groups in total. The van der Waals surface area contributed by atoms with Crippen LogP contribution < -0.4 is 10.6 Å². The molecule has 0 fully saturated rings. The lowest BCUT2D eigenvalue weighted by Crippen LogP contribution is -2.39. The van der Waals surface area contributed by atoms with Gasteiger partial charge in [0.15, 0.2) is 0 Å². The quantitative estimate of drug-likeness (QED) is 0.520. The molecule has 168 valence electrons. The van der Waals surface area contributed by atoms with Crippen LogP contribution in [-0.2, 0) is 14.3 Å². The number of aliphatic carboxylic acids is 1. The second-order valence-corrected chi connectivity index (χ2v) is 8.07. The van der Waals surface area contributed by atoms with E-state index in [1.165, 1.54) is 12.2 Å². The minimum atomic E-state index is -0.968. The number of fused-ring (bicyclic) bond motifs is 3. The molecule has 2 amide bonds. The first-order valence-corrected chi connectivity index (χ1v) is 10.6. The maximum Gasteiger partial charge on any atom is 0.407 e. The van der Waals surface area contributed by atoms with Crippen molar-refractivity contribution in [3.8, 4) is 11.1 Å². The first kappa shape index (κ1) is 23.1. The Balaban J connectivity index is 1.47. The number of alkyl carbamates (subject to hydrolysis) is 1. The normalized spacial score (nSPS) is 13.5. The van der Waals surface area contributed by atoms with Crippen LogP contribution in [0.15, 0.2) is 60.7 Å². The first-order chi connectivity index (χ1) is 15.4. The summed E-state index contributed by atoms with van der Waals surface area (Å²) in [7, 11) is 0. The zero-order valence-corrected chi connectivity index (χ0v) is 18.2. The zero-order chi connectivity index (χ0) is 23.1. The lowest BCUT2D eigenvalue weighted by molar-refractivity contribution is -0.138. The summed E-state index contributed by atoms with van der Waals surface area (Å²) in [4.78, 5) is 35.0. The van der Waals surface area contributed by atoms with Gasteiger partial charge in [-0.1, -0.05) is 68.5 Å². The number of benzene rings is 2. The van der Waals surface area contributed by atoms with E-state index in [2.05, 4.69) is 34.9 Å². The van der Waals surface area contributed by atoms with Crippen molar-refractivity contribution in [2.75, 3.05) is 13.2 Å². The molecule has 1 aliphatic carbocycles. The Kier molecular flexibility index (Phi) is 7.65. The lowest BCUT2D eigenvalue weighted by atomic mass is 9.98. The third kappa shape index (κ3) is 5.75. The number of amides is 2. The molecule has 1 aliphatic rings. The Morgan fingerprint density at radius 3 is 2.19 bits per heavy atom. The highest BCUT2D eigenvalue weighted by molar-refractivity contribution is 5.88. The lowest BCUT2D eigenvalue weighted by Gasteiger charge is -2.19. The predicted molar refractivity (Wildman–Crippen MR) is 121 cm³/mol. The summed E-state index contributed by atoms with van der Waals surface area (Å²) >= 11 is 0.